The van der Waals surface area contributed by atoms with Gasteiger partial charge in [0.2, 0.25) is 5.91 Å². The van der Waals surface area contributed by atoms with Gasteiger partial charge in [0.25, 0.3) is 0 Å². The molecule has 4 nitrogen and oxygen atoms in total. The SMILES string of the molecule is CCCNCCOCCC(N)=O. The van der Waals surface area contributed by atoms with E-state index in [1.165, 1.54) is 0 Å². The lowest BCUT2D eigenvalue weighted by atomic mass is 10.4. The predicted octanol–water partition coefficient (Wildman–Crippen LogP) is -0.122. The van der Waals surface area contributed by atoms with Gasteiger partial charge in [-0.15, -0.1) is 0 Å². The Morgan fingerprint density at radius 3 is 2.75 bits per heavy atom. The standard InChI is InChI=1S/C8H18N2O2/c1-2-4-10-5-7-12-6-3-8(9)11/h10H,2-7H2,1H3,(H2,9,11). The fraction of sp³-hybridized carbons (Fsp3) is 0.875. The molecular formula is C8H18N2O2. The number of nitrogens with two attached hydrogens (primary N) is 1. The Morgan fingerprint density at radius 2 is 2.17 bits per heavy atom. The number of rotatable bonds is 8. The number of amides is 1. The normalized spacial score (nSPS) is 10.1. The molecule has 3 N–H and O–H groups in total. The second kappa shape index (κ2) is 8.49. The average Bonchev–Trinajstić information content (AvgIpc) is 2.02. The summed E-state index contributed by atoms with van der Waals surface area (Å²) in [7, 11) is 0. The van der Waals surface area contributed by atoms with Crippen molar-refractivity contribution in [3.63, 3.8) is 0 Å². The summed E-state index contributed by atoms with van der Waals surface area (Å²) in [5.74, 6) is -0.309. The van der Waals surface area contributed by atoms with Crippen molar-refractivity contribution in [3.8, 4) is 0 Å². The van der Waals surface area contributed by atoms with Crippen LogP contribution in [0.3, 0.4) is 0 Å². The van der Waals surface area contributed by atoms with E-state index in [9.17, 15) is 4.79 Å². The molecule has 0 aromatic carbocycles. The number of carbonyl (C=O) groups is 1. The molecule has 0 rings (SSSR count). The smallest absolute Gasteiger partial charge is 0.219 e. The molecule has 4 heteroatoms. The van der Waals surface area contributed by atoms with Crippen LogP contribution in [0.5, 0.6) is 0 Å². The molecule has 0 aromatic rings. The number of hydrogen-bond donors (Lipinski definition) is 2. The maximum Gasteiger partial charge on any atom is 0.219 e. The van der Waals surface area contributed by atoms with Gasteiger partial charge in [-0.1, -0.05) is 6.92 Å². The third-order valence-corrected chi connectivity index (χ3v) is 1.34. The second-order valence-electron chi connectivity index (χ2n) is 2.58. The van der Waals surface area contributed by atoms with Crippen LogP contribution in [0, 0.1) is 0 Å². The summed E-state index contributed by atoms with van der Waals surface area (Å²) in [4.78, 5) is 10.3. The third-order valence-electron chi connectivity index (χ3n) is 1.34. The van der Waals surface area contributed by atoms with Crippen molar-refractivity contribution in [1.29, 1.82) is 0 Å². The Hall–Kier alpha value is -0.610. The van der Waals surface area contributed by atoms with E-state index in [0.29, 0.717) is 19.6 Å². The Balaban J connectivity index is 2.86. The van der Waals surface area contributed by atoms with Crippen LogP contribution < -0.4 is 11.1 Å². The molecular weight excluding hydrogens is 156 g/mol. The maximum absolute atomic E-state index is 10.3. The molecule has 0 aliphatic carbocycles. The quantitative estimate of drug-likeness (QED) is 0.504. The van der Waals surface area contributed by atoms with Gasteiger partial charge in [0, 0.05) is 13.0 Å². The van der Waals surface area contributed by atoms with Crippen LogP contribution in [0.25, 0.3) is 0 Å². The minimum atomic E-state index is -0.309. The maximum atomic E-state index is 10.3. The van der Waals surface area contributed by atoms with Crippen LogP contribution in [0.4, 0.5) is 0 Å². The highest BCUT2D eigenvalue weighted by molar-refractivity contribution is 5.73. The summed E-state index contributed by atoms with van der Waals surface area (Å²) in [6.07, 6.45) is 1.44. The van der Waals surface area contributed by atoms with E-state index in [2.05, 4.69) is 12.2 Å². The number of hydrogen-bond acceptors (Lipinski definition) is 3. The first kappa shape index (κ1) is 11.4. The lowest BCUT2D eigenvalue weighted by molar-refractivity contribution is -0.119. The van der Waals surface area contributed by atoms with Gasteiger partial charge in [-0.25, -0.2) is 0 Å². The molecule has 0 unspecified atom stereocenters. The zero-order valence-electron chi connectivity index (χ0n) is 7.64. The molecule has 12 heavy (non-hydrogen) atoms. The van der Waals surface area contributed by atoms with Crippen molar-refractivity contribution in [3.05, 3.63) is 0 Å². The first-order valence-electron chi connectivity index (χ1n) is 4.34. The molecule has 0 saturated carbocycles. The Labute approximate surface area is 73.5 Å². The lowest BCUT2D eigenvalue weighted by Gasteiger charge is -2.03. The number of primary amides is 1. The van der Waals surface area contributed by atoms with Crippen molar-refractivity contribution in [2.24, 2.45) is 5.73 Å². The Bertz CT molecular complexity index is 118. The number of carbonyl (C=O) groups excluding carboxylic acids is 1. The van der Waals surface area contributed by atoms with Crippen LogP contribution in [0.1, 0.15) is 19.8 Å². The monoisotopic (exact) mass is 174 g/mol. The topological polar surface area (TPSA) is 64.3 Å². The van der Waals surface area contributed by atoms with Crippen molar-refractivity contribution >= 4 is 5.91 Å². The van der Waals surface area contributed by atoms with E-state index in [0.717, 1.165) is 19.5 Å². The first-order chi connectivity index (χ1) is 5.77. The van der Waals surface area contributed by atoms with E-state index >= 15 is 0 Å². The molecule has 0 spiro atoms. The fourth-order valence-corrected chi connectivity index (χ4v) is 0.721. The second-order valence-corrected chi connectivity index (χ2v) is 2.58. The molecule has 0 heterocycles. The van der Waals surface area contributed by atoms with Gasteiger partial charge in [0.05, 0.1) is 13.2 Å². The van der Waals surface area contributed by atoms with Crippen LogP contribution in [0.15, 0.2) is 0 Å². The molecule has 0 bridgehead atoms. The first-order valence-corrected chi connectivity index (χ1v) is 4.34. The highest BCUT2D eigenvalue weighted by Crippen LogP contribution is 1.80. The summed E-state index contributed by atoms with van der Waals surface area (Å²) in [5, 5.41) is 3.18. The Morgan fingerprint density at radius 1 is 1.42 bits per heavy atom. The van der Waals surface area contributed by atoms with E-state index in [-0.39, 0.29) is 5.91 Å². The van der Waals surface area contributed by atoms with Gasteiger partial charge in [0.15, 0.2) is 0 Å². The van der Waals surface area contributed by atoms with Crippen LogP contribution in [0.2, 0.25) is 0 Å². The van der Waals surface area contributed by atoms with Gasteiger partial charge in [-0.3, -0.25) is 4.79 Å². The largest absolute Gasteiger partial charge is 0.380 e. The molecule has 0 atom stereocenters. The zero-order valence-corrected chi connectivity index (χ0v) is 7.64. The minimum Gasteiger partial charge on any atom is -0.380 e. The molecule has 0 aliphatic rings. The van der Waals surface area contributed by atoms with Crippen molar-refractivity contribution < 1.29 is 9.53 Å². The van der Waals surface area contributed by atoms with E-state index in [1.54, 1.807) is 0 Å². The number of ether oxygens (including phenoxy) is 1. The van der Waals surface area contributed by atoms with Crippen molar-refractivity contribution in [2.75, 3.05) is 26.3 Å². The molecule has 0 aliphatic heterocycles. The van der Waals surface area contributed by atoms with Gasteiger partial charge in [-0.2, -0.15) is 0 Å². The summed E-state index contributed by atoms with van der Waals surface area (Å²) < 4.78 is 5.13. The highest BCUT2D eigenvalue weighted by atomic mass is 16.5. The molecule has 0 fully saturated rings. The van der Waals surface area contributed by atoms with Gasteiger partial charge < -0.3 is 15.8 Å². The molecule has 1 amide bonds. The third kappa shape index (κ3) is 9.39. The lowest BCUT2D eigenvalue weighted by Crippen LogP contribution is -2.21. The van der Waals surface area contributed by atoms with E-state index in [4.69, 9.17) is 10.5 Å². The summed E-state index contributed by atoms with van der Waals surface area (Å²) >= 11 is 0. The summed E-state index contributed by atoms with van der Waals surface area (Å²) in [6, 6.07) is 0. The van der Waals surface area contributed by atoms with Crippen molar-refractivity contribution in [1.82, 2.24) is 5.32 Å². The van der Waals surface area contributed by atoms with Gasteiger partial charge >= 0.3 is 0 Å². The minimum absolute atomic E-state index is 0.309. The Kier molecular flexibility index (Phi) is 8.05. The van der Waals surface area contributed by atoms with Gasteiger partial charge in [0.1, 0.15) is 0 Å². The van der Waals surface area contributed by atoms with Crippen LogP contribution in [-0.4, -0.2) is 32.2 Å². The molecule has 0 radical (unpaired) electrons. The zero-order chi connectivity index (χ0) is 9.23. The fourth-order valence-electron chi connectivity index (χ4n) is 0.721. The summed E-state index contributed by atoms with van der Waals surface area (Å²) in [5.41, 5.74) is 4.92. The van der Waals surface area contributed by atoms with Crippen molar-refractivity contribution in [2.45, 2.75) is 19.8 Å². The molecule has 0 aromatic heterocycles. The average molecular weight is 174 g/mol. The van der Waals surface area contributed by atoms with Crippen LogP contribution in [-0.2, 0) is 9.53 Å². The molecule has 72 valence electrons. The predicted molar refractivity (Wildman–Crippen MR) is 47.8 cm³/mol. The number of nitrogens with one attached hydrogen (secondary N) is 1. The molecule has 0 saturated heterocycles. The highest BCUT2D eigenvalue weighted by Gasteiger charge is 1.93. The van der Waals surface area contributed by atoms with E-state index < -0.39 is 0 Å². The van der Waals surface area contributed by atoms with Crippen LogP contribution >= 0.6 is 0 Å². The van der Waals surface area contributed by atoms with Gasteiger partial charge in [-0.05, 0) is 13.0 Å². The van der Waals surface area contributed by atoms with E-state index in [1.807, 2.05) is 0 Å². The summed E-state index contributed by atoms with van der Waals surface area (Å²) in [6.45, 7) is 5.04.